The molecule has 0 fully saturated rings. The van der Waals surface area contributed by atoms with Gasteiger partial charge in [0.2, 0.25) is 0 Å². The summed E-state index contributed by atoms with van der Waals surface area (Å²) in [6.07, 6.45) is -7.86. The number of ether oxygens (including phenoxy) is 1. The van der Waals surface area contributed by atoms with Crippen LogP contribution in [-0.4, -0.2) is 11.3 Å². The lowest BCUT2D eigenvalue weighted by molar-refractivity contribution is -0.275. The van der Waals surface area contributed by atoms with Crippen molar-refractivity contribution in [1.29, 1.82) is 0 Å². The molecule has 0 N–H and O–H groups in total. The lowest BCUT2D eigenvalue weighted by Crippen LogP contribution is -2.18. The van der Waals surface area contributed by atoms with E-state index in [1.165, 1.54) is 6.92 Å². The number of rotatable bonds is 2. The number of halogens is 6. The zero-order valence-electron chi connectivity index (χ0n) is 7.78. The molecule has 0 aromatic carbocycles. The molecule has 0 spiro atoms. The molecule has 16 heavy (non-hydrogen) atoms. The number of aromatic nitrogens is 1. The highest BCUT2D eigenvalue weighted by atomic mass is 79.9. The summed E-state index contributed by atoms with van der Waals surface area (Å²) < 4.78 is 63.8. The largest absolute Gasteiger partial charge is 0.573 e. The van der Waals surface area contributed by atoms with Crippen LogP contribution < -0.4 is 4.74 Å². The Balaban J connectivity index is 3.15. The smallest absolute Gasteiger partial charge is 0.404 e. The molecule has 0 aliphatic carbocycles. The highest BCUT2D eigenvalue weighted by Crippen LogP contribution is 2.33. The summed E-state index contributed by atoms with van der Waals surface area (Å²) in [5, 5.41) is 0. The summed E-state index contributed by atoms with van der Waals surface area (Å²) in [4.78, 5) is 3.49. The molecular formula is C8H5BrF5NO. The van der Waals surface area contributed by atoms with E-state index in [1.54, 1.807) is 0 Å². The fourth-order valence-electron chi connectivity index (χ4n) is 0.953. The molecule has 1 aromatic heterocycles. The fourth-order valence-corrected chi connectivity index (χ4v) is 1.51. The lowest BCUT2D eigenvalue weighted by Gasteiger charge is -2.13. The van der Waals surface area contributed by atoms with Crippen molar-refractivity contribution in [3.63, 3.8) is 0 Å². The van der Waals surface area contributed by atoms with Crippen molar-refractivity contribution in [1.82, 2.24) is 4.98 Å². The van der Waals surface area contributed by atoms with Crippen LogP contribution in [0.1, 0.15) is 17.7 Å². The van der Waals surface area contributed by atoms with Crippen LogP contribution in [0, 0.1) is 6.92 Å². The van der Waals surface area contributed by atoms with E-state index in [9.17, 15) is 22.0 Å². The van der Waals surface area contributed by atoms with Crippen LogP contribution in [0.3, 0.4) is 0 Å². The Morgan fingerprint density at radius 2 is 1.94 bits per heavy atom. The molecule has 0 aliphatic heterocycles. The highest BCUT2D eigenvalue weighted by molar-refractivity contribution is 9.10. The van der Waals surface area contributed by atoms with Crippen LogP contribution in [0.25, 0.3) is 0 Å². The number of nitrogens with zero attached hydrogens (tertiary/aromatic N) is 1. The predicted molar refractivity (Wildman–Crippen MR) is 48.3 cm³/mol. The van der Waals surface area contributed by atoms with E-state index in [1.807, 2.05) is 0 Å². The molecular weight excluding hydrogens is 301 g/mol. The maximum Gasteiger partial charge on any atom is 0.573 e. The Labute approximate surface area is 95.6 Å². The van der Waals surface area contributed by atoms with Gasteiger partial charge in [-0.2, -0.15) is 0 Å². The van der Waals surface area contributed by atoms with Crippen molar-refractivity contribution in [2.45, 2.75) is 19.7 Å². The second-order valence-corrected chi connectivity index (χ2v) is 3.55. The van der Waals surface area contributed by atoms with Gasteiger partial charge in [0.15, 0.2) is 5.75 Å². The number of hydrogen-bond donors (Lipinski definition) is 0. The highest BCUT2D eigenvalue weighted by Gasteiger charge is 2.32. The Morgan fingerprint density at radius 1 is 1.38 bits per heavy atom. The van der Waals surface area contributed by atoms with Crippen molar-refractivity contribution in [2.24, 2.45) is 0 Å². The summed E-state index contributed by atoms with van der Waals surface area (Å²) >= 11 is 2.73. The van der Waals surface area contributed by atoms with Gasteiger partial charge in [0, 0.05) is 0 Å². The topological polar surface area (TPSA) is 22.1 Å². The Hall–Kier alpha value is -0.920. The van der Waals surface area contributed by atoms with Gasteiger partial charge in [-0.15, -0.1) is 13.2 Å². The van der Waals surface area contributed by atoms with Crippen LogP contribution in [0.2, 0.25) is 0 Å². The molecule has 8 heteroatoms. The van der Waals surface area contributed by atoms with Gasteiger partial charge in [0.05, 0.1) is 11.3 Å². The van der Waals surface area contributed by atoms with E-state index in [0.717, 1.165) is 0 Å². The molecule has 0 amide bonds. The van der Waals surface area contributed by atoms with Gasteiger partial charge in [-0.25, -0.2) is 13.8 Å². The van der Waals surface area contributed by atoms with E-state index in [0.29, 0.717) is 6.07 Å². The summed E-state index contributed by atoms with van der Waals surface area (Å²) in [6, 6.07) is 0.616. The zero-order chi connectivity index (χ0) is 12.5. The first-order chi connectivity index (χ1) is 7.20. The minimum absolute atomic E-state index is 0.131. The summed E-state index contributed by atoms with van der Waals surface area (Å²) in [6.45, 7) is 1.22. The Morgan fingerprint density at radius 3 is 2.38 bits per heavy atom. The maximum absolute atomic E-state index is 12.4. The Bertz CT molecular complexity index is 393. The van der Waals surface area contributed by atoms with Gasteiger partial charge in [0.25, 0.3) is 6.43 Å². The van der Waals surface area contributed by atoms with E-state index in [4.69, 9.17) is 0 Å². The fraction of sp³-hybridized carbons (Fsp3) is 0.375. The molecule has 0 saturated carbocycles. The zero-order valence-corrected chi connectivity index (χ0v) is 9.36. The molecule has 0 aliphatic rings. The van der Waals surface area contributed by atoms with Gasteiger partial charge in [-0.1, -0.05) is 0 Å². The lowest BCUT2D eigenvalue weighted by atomic mass is 10.2. The van der Waals surface area contributed by atoms with Crippen molar-refractivity contribution >= 4 is 15.9 Å². The quantitative estimate of drug-likeness (QED) is 0.609. The van der Waals surface area contributed by atoms with Crippen LogP contribution >= 0.6 is 15.9 Å². The standard InChI is InChI=1S/C8H5BrF5NO/c1-3-5(16-8(12,13)14)2-4(7(10)11)6(9)15-3/h2,7H,1H3. The van der Waals surface area contributed by atoms with E-state index in [-0.39, 0.29) is 10.3 Å². The van der Waals surface area contributed by atoms with Gasteiger partial charge in [-0.05, 0) is 28.9 Å². The van der Waals surface area contributed by atoms with Gasteiger partial charge >= 0.3 is 6.36 Å². The van der Waals surface area contributed by atoms with Crippen molar-refractivity contribution in [2.75, 3.05) is 0 Å². The van der Waals surface area contributed by atoms with Crippen LogP contribution in [0.5, 0.6) is 5.75 Å². The summed E-state index contributed by atoms with van der Waals surface area (Å²) in [5.74, 6) is -0.731. The van der Waals surface area contributed by atoms with Crippen molar-refractivity contribution in [3.8, 4) is 5.75 Å². The summed E-state index contributed by atoms with van der Waals surface area (Å²) in [7, 11) is 0. The van der Waals surface area contributed by atoms with Gasteiger partial charge < -0.3 is 4.74 Å². The monoisotopic (exact) mass is 305 g/mol. The third-order valence-electron chi connectivity index (χ3n) is 1.61. The first-order valence-corrected chi connectivity index (χ1v) is 4.71. The van der Waals surface area contributed by atoms with E-state index < -0.39 is 24.1 Å². The van der Waals surface area contributed by atoms with Crippen LogP contribution in [0.4, 0.5) is 22.0 Å². The van der Waals surface area contributed by atoms with Crippen molar-refractivity contribution in [3.05, 3.63) is 21.9 Å². The van der Waals surface area contributed by atoms with Gasteiger partial charge in [-0.3, -0.25) is 0 Å². The predicted octanol–water partition coefficient (Wildman–Crippen LogP) is 3.99. The van der Waals surface area contributed by atoms with E-state index in [2.05, 4.69) is 25.7 Å². The van der Waals surface area contributed by atoms with Crippen LogP contribution in [0.15, 0.2) is 10.7 Å². The molecule has 0 atom stereocenters. The first-order valence-electron chi connectivity index (χ1n) is 3.91. The third kappa shape index (κ3) is 3.29. The van der Waals surface area contributed by atoms with E-state index >= 15 is 0 Å². The minimum atomic E-state index is -4.93. The van der Waals surface area contributed by atoms with Crippen molar-refractivity contribution < 1.29 is 26.7 Å². The average molecular weight is 306 g/mol. The first kappa shape index (κ1) is 13.1. The normalized spacial score (nSPS) is 12.0. The molecule has 0 bridgehead atoms. The minimum Gasteiger partial charge on any atom is -0.404 e. The number of aryl methyl sites for hydroxylation is 1. The second-order valence-electron chi connectivity index (χ2n) is 2.80. The maximum atomic E-state index is 12.4. The molecule has 1 rings (SSSR count). The SMILES string of the molecule is Cc1nc(Br)c(C(F)F)cc1OC(F)(F)F. The molecule has 0 radical (unpaired) electrons. The molecule has 1 heterocycles. The number of alkyl halides is 5. The number of pyridine rings is 1. The second kappa shape index (κ2) is 4.52. The van der Waals surface area contributed by atoms with Crippen LogP contribution in [-0.2, 0) is 0 Å². The molecule has 0 saturated heterocycles. The summed E-state index contributed by atoms with van der Waals surface area (Å²) in [5.41, 5.74) is -0.779. The molecule has 1 aromatic rings. The molecule has 0 unspecified atom stereocenters. The molecule has 90 valence electrons. The Kier molecular flexibility index (Phi) is 3.72. The van der Waals surface area contributed by atoms with Gasteiger partial charge in [0.1, 0.15) is 4.60 Å². The molecule has 2 nitrogen and oxygen atoms in total. The number of hydrogen-bond acceptors (Lipinski definition) is 2. The average Bonchev–Trinajstić information content (AvgIpc) is 2.07. The third-order valence-corrected chi connectivity index (χ3v) is 2.24.